The first kappa shape index (κ1) is 19.5. The van der Waals surface area contributed by atoms with Crippen molar-refractivity contribution in [2.24, 2.45) is 0 Å². The molecule has 0 atom stereocenters. The summed E-state index contributed by atoms with van der Waals surface area (Å²) in [4.78, 5) is 30.6. The third kappa shape index (κ3) is 5.11. The maximum atomic E-state index is 12.3. The summed E-state index contributed by atoms with van der Waals surface area (Å²) in [6.45, 7) is 0. The maximum Gasteiger partial charge on any atom is 0.236 e. The summed E-state index contributed by atoms with van der Waals surface area (Å²) in [5.41, 5.74) is 0.812. The fourth-order valence-electron chi connectivity index (χ4n) is 3.11. The number of anilines is 1. The smallest absolute Gasteiger partial charge is 0.236 e. The number of aromatic nitrogens is 1. The quantitative estimate of drug-likeness (QED) is 0.764. The molecule has 26 heavy (non-hydrogen) atoms. The zero-order chi connectivity index (χ0) is 18.5. The van der Waals surface area contributed by atoms with E-state index in [1.54, 1.807) is 6.07 Å². The van der Waals surface area contributed by atoms with Crippen molar-refractivity contribution in [1.29, 1.82) is 0 Å². The molecule has 5 nitrogen and oxygen atoms in total. The molecule has 3 rings (SSSR count). The molecular weight excluding hydrogens is 390 g/mol. The molecule has 2 aromatic rings. The minimum absolute atomic E-state index is 0.101. The standard InChI is InChI=1S/C18H22ClN3O2S2/c1-22(13-5-3-2-4-6-13)17(24)11-25-10-16(23)21-18-20-14-8-7-12(19)9-15(14)26-18/h7-9,13H,2-6,10-11H2,1H3,(H,20,21,23). The van der Waals surface area contributed by atoms with E-state index in [0.29, 0.717) is 21.9 Å². The Morgan fingerprint density at radius 3 is 2.85 bits per heavy atom. The highest BCUT2D eigenvalue weighted by molar-refractivity contribution is 8.00. The van der Waals surface area contributed by atoms with Crippen LogP contribution in [0.2, 0.25) is 5.02 Å². The summed E-state index contributed by atoms with van der Waals surface area (Å²) < 4.78 is 0.935. The fourth-order valence-corrected chi connectivity index (χ4v) is 5.01. The van der Waals surface area contributed by atoms with Crippen LogP contribution >= 0.6 is 34.7 Å². The van der Waals surface area contributed by atoms with E-state index in [1.807, 2.05) is 24.1 Å². The summed E-state index contributed by atoms with van der Waals surface area (Å²) in [5, 5.41) is 4.00. The van der Waals surface area contributed by atoms with Gasteiger partial charge in [0.25, 0.3) is 0 Å². The average molecular weight is 412 g/mol. The third-order valence-corrected chi connectivity index (χ3v) is 6.66. The molecule has 8 heteroatoms. The molecule has 2 amide bonds. The zero-order valence-corrected chi connectivity index (χ0v) is 17.1. The van der Waals surface area contributed by atoms with Gasteiger partial charge in [-0.05, 0) is 31.0 Å². The van der Waals surface area contributed by atoms with Crippen molar-refractivity contribution in [2.75, 3.05) is 23.9 Å². The molecule has 1 saturated carbocycles. The monoisotopic (exact) mass is 411 g/mol. The second-order valence-electron chi connectivity index (χ2n) is 6.47. The summed E-state index contributed by atoms with van der Waals surface area (Å²) in [5.74, 6) is 0.522. The molecule has 1 N–H and O–H groups in total. The van der Waals surface area contributed by atoms with Gasteiger partial charge < -0.3 is 10.2 Å². The van der Waals surface area contributed by atoms with E-state index in [9.17, 15) is 9.59 Å². The number of thioether (sulfide) groups is 1. The van der Waals surface area contributed by atoms with E-state index < -0.39 is 0 Å². The Morgan fingerprint density at radius 2 is 2.08 bits per heavy atom. The van der Waals surface area contributed by atoms with Crippen LogP contribution < -0.4 is 5.32 Å². The number of benzene rings is 1. The molecule has 1 aromatic heterocycles. The van der Waals surface area contributed by atoms with Crippen LogP contribution in [0.4, 0.5) is 5.13 Å². The van der Waals surface area contributed by atoms with Gasteiger partial charge in [-0.1, -0.05) is 42.2 Å². The lowest BCUT2D eigenvalue weighted by molar-refractivity contribution is -0.129. The first-order chi connectivity index (χ1) is 12.5. The number of hydrogen-bond acceptors (Lipinski definition) is 5. The number of amides is 2. The van der Waals surface area contributed by atoms with Crippen LogP contribution in [0.3, 0.4) is 0 Å². The number of carbonyl (C=O) groups is 2. The number of thiazole rings is 1. The van der Waals surface area contributed by atoms with Crippen molar-refractivity contribution >= 4 is 61.9 Å². The summed E-state index contributed by atoms with van der Waals surface area (Å²) in [6, 6.07) is 5.80. The second-order valence-corrected chi connectivity index (χ2v) is 8.92. The largest absolute Gasteiger partial charge is 0.342 e. The van der Waals surface area contributed by atoms with Crippen LogP contribution in [0.25, 0.3) is 10.2 Å². The summed E-state index contributed by atoms with van der Waals surface area (Å²) >= 11 is 8.70. The van der Waals surface area contributed by atoms with Gasteiger partial charge in [-0.25, -0.2) is 4.98 Å². The summed E-state index contributed by atoms with van der Waals surface area (Å²) in [6.07, 6.45) is 5.85. The van der Waals surface area contributed by atoms with Crippen LogP contribution in [0.5, 0.6) is 0 Å². The number of nitrogens with one attached hydrogen (secondary N) is 1. The third-order valence-electron chi connectivity index (χ3n) is 4.57. The lowest BCUT2D eigenvalue weighted by Crippen LogP contribution is -2.39. The molecule has 0 aliphatic heterocycles. The minimum Gasteiger partial charge on any atom is -0.342 e. The second kappa shape index (κ2) is 9.06. The molecule has 1 aliphatic rings. The molecular formula is C18H22ClN3O2S2. The molecule has 140 valence electrons. The molecule has 1 aliphatic carbocycles. The van der Waals surface area contributed by atoms with Crippen molar-refractivity contribution in [3.63, 3.8) is 0 Å². The number of rotatable bonds is 6. The van der Waals surface area contributed by atoms with E-state index in [1.165, 1.54) is 42.4 Å². The SMILES string of the molecule is CN(C(=O)CSCC(=O)Nc1nc2ccc(Cl)cc2s1)C1CCCCC1. The van der Waals surface area contributed by atoms with Crippen molar-refractivity contribution in [3.05, 3.63) is 23.2 Å². The molecule has 0 unspecified atom stereocenters. The Balaban J connectivity index is 1.43. The van der Waals surface area contributed by atoms with Crippen molar-refractivity contribution in [2.45, 2.75) is 38.1 Å². The lowest BCUT2D eigenvalue weighted by atomic mass is 9.94. The van der Waals surface area contributed by atoms with Gasteiger partial charge >= 0.3 is 0 Å². The predicted octanol–water partition coefficient (Wildman–Crippen LogP) is 4.41. The van der Waals surface area contributed by atoms with E-state index in [2.05, 4.69) is 10.3 Å². The molecule has 1 aromatic carbocycles. The lowest BCUT2D eigenvalue weighted by Gasteiger charge is -2.31. The van der Waals surface area contributed by atoms with Crippen LogP contribution in [0, 0.1) is 0 Å². The number of halogens is 1. The fraction of sp³-hybridized carbons (Fsp3) is 0.500. The minimum atomic E-state index is -0.145. The van der Waals surface area contributed by atoms with Gasteiger partial charge in [0.05, 0.1) is 21.7 Å². The summed E-state index contributed by atoms with van der Waals surface area (Å²) in [7, 11) is 1.88. The van der Waals surface area contributed by atoms with Crippen LogP contribution in [0.15, 0.2) is 18.2 Å². The first-order valence-electron chi connectivity index (χ1n) is 8.72. The highest BCUT2D eigenvalue weighted by atomic mass is 35.5. The van der Waals surface area contributed by atoms with Crippen LogP contribution in [0.1, 0.15) is 32.1 Å². The Bertz CT molecular complexity index is 790. The molecule has 0 bridgehead atoms. The Morgan fingerprint density at radius 1 is 1.31 bits per heavy atom. The van der Waals surface area contributed by atoms with Crippen LogP contribution in [-0.4, -0.2) is 46.3 Å². The van der Waals surface area contributed by atoms with E-state index in [0.717, 1.165) is 23.1 Å². The van der Waals surface area contributed by atoms with Crippen molar-refractivity contribution in [3.8, 4) is 0 Å². The Labute approximate surface area is 166 Å². The topological polar surface area (TPSA) is 62.3 Å². The van der Waals surface area contributed by atoms with Crippen molar-refractivity contribution in [1.82, 2.24) is 9.88 Å². The first-order valence-corrected chi connectivity index (χ1v) is 11.1. The van der Waals surface area contributed by atoms with E-state index >= 15 is 0 Å². The average Bonchev–Trinajstić information content (AvgIpc) is 3.02. The highest BCUT2D eigenvalue weighted by Crippen LogP contribution is 2.28. The van der Waals surface area contributed by atoms with Gasteiger partial charge in [-0.15, -0.1) is 11.8 Å². The Kier molecular flexibility index (Phi) is 6.78. The number of hydrogen-bond donors (Lipinski definition) is 1. The maximum absolute atomic E-state index is 12.3. The van der Waals surface area contributed by atoms with Gasteiger partial charge in [-0.3, -0.25) is 9.59 Å². The molecule has 0 radical (unpaired) electrons. The van der Waals surface area contributed by atoms with Gasteiger partial charge in [0.15, 0.2) is 5.13 Å². The highest BCUT2D eigenvalue weighted by Gasteiger charge is 2.22. The molecule has 1 fully saturated rings. The van der Waals surface area contributed by atoms with Gasteiger partial charge in [0.2, 0.25) is 11.8 Å². The van der Waals surface area contributed by atoms with Gasteiger partial charge in [0.1, 0.15) is 0 Å². The van der Waals surface area contributed by atoms with E-state index in [4.69, 9.17) is 11.6 Å². The molecule has 1 heterocycles. The number of carbonyl (C=O) groups excluding carboxylic acids is 2. The van der Waals surface area contributed by atoms with Gasteiger partial charge in [0, 0.05) is 18.1 Å². The normalized spacial score (nSPS) is 15.2. The predicted molar refractivity (Wildman–Crippen MR) is 110 cm³/mol. The van der Waals surface area contributed by atoms with Gasteiger partial charge in [-0.2, -0.15) is 0 Å². The number of nitrogens with zero attached hydrogens (tertiary/aromatic N) is 2. The Hall–Kier alpha value is -1.31. The van der Waals surface area contributed by atoms with Crippen LogP contribution in [-0.2, 0) is 9.59 Å². The zero-order valence-electron chi connectivity index (χ0n) is 14.7. The molecule has 0 spiro atoms. The van der Waals surface area contributed by atoms with E-state index in [-0.39, 0.29) is 17.6 Å². The van der Waals surface area contributed by atoms with Crippen molar-refractivity contribution < 1.29 is 9.59 Å². The number of fused-ring (bicyclic) bond motifs is 1. The molecule has 0 saturated heterocycles.